The van der Waals surface area contributed by atoms with Gasteiger partial charge in [-0.1, -0.05) is 6.07 Å². The van der Waals surface area contributed by atoms with E-state index in [2.05, 4.69) is 15.5 Å². The Morgan fingerprint density at radius 3 is 2.88 bits per heavy atom. The van der Waals surface area contributed by atoms with Crippen molar-refractivity contribution in [1.29, 1.82) is 0 Å². The molecule has 2 amide bonds. The van der Waals surface area contributed by atoms with Crippen molar-refractivity contribution < 1.29 is 14.3 Å². The molecular weight excluding hydrogens is 310 g/mol. The molecule has 1 saturated heterocycles. The van der Waals surface area contributed by atoms with Crippen molar-refractivity contribution in [3.63, 3.8) is 0 Å². The van der Waals surface area contributed by atoms with E-state index >= 15 is 0 Å². The van der Waals surface area contributed by atoms with Crippen LogP contribution in [0, 0.1) is 0 Å². The highest BCUT2D eigenvalue weighted by Gasteiger charge is 2.22. The van der Waals surface area contributed by atoms with Crippen molar-refractivity contribution in [2.45, 2.75) is 13.0 Å². The van der Waals surface area contributed by atoms with Crippen molar-refractivity contribution in [3.8, 4) is 5.69 Å². The predicted molar refractivity (Wildman–Crippen MR) is 85.7 cm³/mol. The number of amides is 2. The van der Waals surface area contributed by atoms with Gasteiger partial charge in [-0.05, 0) is 18.2 Å². The van der Waals surface area contributed by atoms with Gasteiger partial charge < -0.3 is 15.0 Å². The standard InChI is InChI=1S/C16H19N5O3/c1-12(22)20-5-6-24-15(9-20)8-17-16(23)13-3-2-4-14(7-13)21-10-18-19-11-21/h2-4,7,10-11,15H,5-6,8-9H2,1H3,(H,17,23)/t15-/m0/s1. The van der Waals surface area contributed by atoms with E-state index in [0.717, 1.165) is 5.69 Å². The number of nitrogens with one attached hydrogen (secondary N) is 1. The van der Waals surface area contributed by atoms with Gasteiger partial charge in [-0.15, -0.1) is 10.2 Å². The van der Waals surface area contributed by atoms with Gasteiger partial charge in [0.15, 0.2) is 0 Å². The molecular formula is C16H19N5O3. The molecule has 1 N–H and O–H groups in total. The molecule has 0 unspecified atom stereocenters. The first-order valence-corrected chi connectivity index (χ1v) is 7.74. The zero-order valence-corrected chi connectivity index (χ0v) is 13.4. The summed E-state index contributed by atoms with van der Waals surface area (Å²) in [6.07, 6.45) is 2.96. The molecule has 1 aliphatic rings. The summed E-state index contributed by atoms with van der Waals surface area (Å²) in [6.45, 7) is 3.48. The quantitative estimate of drug-likeness (QED) is 0.868. The Morgan fingerprint density at radius 2 is 2.12 bits per heavy atom. The van der Waals surface area contributed by atoms with Gasteiger partial charge in [0.1, 0.15) is 12.7 Å². The second kappa shape index (κ2) is 7.22. The predicted octanol–water partition coefficient (Wildman–Crippen LogP) is 0.244. The number of carbonyl (C=O) groups is 2. The minimum absolute atomic E-state index is 0.0243. The zero-order chi connectivity index (χ0) is 16.9. The lowest BCUT2D eigenvalue weighted by Gasteiger charge is -2.32. The summed E-state index contributed by atoms with van der Waals surface area (Å²) < 4.78 is 7.33. The Kier molecular flexibility index (Phi) is 4.85. The van der Waals surface area contributed by atoms with Gasteiger partial charge in [0.2, 0.25) is 5.91 Å². The fourth-order valence-electron chi connectivity index (χ4n) is 2.58. The van der Waals surface area contributed by atoms with Gasteiger partial charge in [-0.3, -0.25) is 14.2 Å². The second-order valence-electron chi connectivity index (χ2n) is 5.59. The van der Waals surface area contributed by atoms with Crippen molar-refractivity contribution >= 4 is 11.8 Å². The van der Waals surface area contributed by atoms with Gasteiger partial charge in [0.25, 0.3) is 5.91 Å². The van der Waals surface area contributed by atoms with E-state index in [1.165, 1.54) is 6.92 Å². The van der Waals surface area contributed by atoms with E-state index in [1.54, 1.807) is 40.3 Å². The van der Waals surface area contributed by atoms with Crippen LogP contribution in [0.3, 0.4) is 0 Å². The fraction of sp³-hybridized carbons (Fsp3) is 0.375. The number of rotatable bonds is 4. The van der Waals surface area contributed by atoms with Gasteiger partial charge in [0, 0.05) is 37.8 Å². The average molecular weight is 329 g/mol. The monoisotopic (exact) mass is 329 g/mol. The number of ether oxygens (including phenoxy) is 1. The summed E-state index contributed by atoms with van der Waals surface area (Å²) in [6, 6.07) is 7.18. The van der Waals surface area contributed by atoms with E-state index in [-0.39, 0.29) is 17.9 Å². The molecule has 1 fully saturated rings. The molecule has 0 bridgehead atoms. The molecule has 8 nitrogen and oxygen atoms in total. The van der Waals surface area contributed by atoms with Crippen molar-refractivity contribution in [1.82, 2.24) is 25.0 Å². The summed E-state index contributed by atoms with van der Waals surface area (Å²) in [5, 5.41) is 10.4. The Morgan fingerprint density at radius 1 is 1.33 bits per heavy atom. The van der Waals surface area contributed by atoms with Crippen LogP contribution in [0.1, 0.15) is 17.3 Å². The molecule has 2 aromatic rings. The van der Waals surface area contributed by atoms with Crippen LogP contribution >= 0.6 is 0 Å². The first-order chi connectivity index (χ1) is 11.6. The molecule has 0 radical (unpaired) electrons. The number of carbonyl (C=O) groups excluding carboxylic acids is 2. The van der Waals surface area contributed by atoms with Crippen molar-refractivity contribution in [2.24, 2.45) is 0 Å². The third-order valence-electron chi connectivity index (χ3n) is 3.90. The van der Waals surface area contributed by atoms with E-state index in [9.17, 15) is 9.59 Å². The van der Waals surface area contributed by atoms with Crippen LogP contribution in [0.2, 0.25) is 0 Å². The third kappa shape index (κ3) is 3.77. The van der Waals surface area contributed by atoms with Crippen LogP contribution in [0.15, 0.2) is 36.9 Å². The van der Waals surface area contributed by atoms with Gasteiger partial charge in [-0.2, -0.15) is 0 Å². The van der Waals surface area contributed by atoms with Crippen molar-refractivity contribution in [2.75, 3.05) is 26.2 Å². The average Bonchev–Trinajstić information content (AvgIpc) is 3.15. The summed E-state index contributed by atoms with van der Waals surface area (Å²) in [4.78, 5) is 25.5. The minimum Gasteiger partial charge on any atom is -0.373 e. The van der Waals surface area contributed by atoms with Crippen LogP contribution in [0.25, 0.3) is 5.69 Å². The van der Waals surface area contributed by atoms with E-state index in [4.69, 9.17) is 4.74 Å². The number of hydrogen-bond acceptors (Lipinski definition) is 5. The van der Waals surface area contributed by atoms with Crippen LogP contribution in [-0.4, -0.2) is 63.8 Å². The normalized spacial score (nSPS) is 17.5. The second-order valence-corrected chi connectivity index (χ2v) is 5.59. The largest absolute Gasteiger partial charge is 0.373 e. The molecule has 1 aliphatic heterocycles. The topological polar surface area (TPSA) is 89.4 Å². The first-order valence-electron chi connectivity index (χ1n) is 7.74. The maximum absolute atomic E-state index is 12.3. The summed E-state index contributed by atoms with van der Waals surface area (Å²) >= 11 is 0. The SMILES string of the molecule is CC(=O)N1CCO[C@@H](CNC(=O)c2cccc(-n3cnnc3)c2)C1. The molecule has 0 saturated carbocycles. The summed E-state index contributed by atoms with van der Waals surface area (Å²) in [5.41, 5.74) is 1.35. The summed E-state index contributed by atoms with van der Waals surface area (Å²) in [5.74, 6) is -0.162. The molecule has 0 spiro atoms. The van der Waals surface area contributed by atoms with Crippen molar-refractivity contribution in [3.05, 3.63) is 42.5 Å². The van der Waals surface area contributed by atoms with Gasteiger partial charge in [0.05, 0.1) is 12.7 Å². The smallest absolute Gasteiger partial charge is 0.251 e. The minimum atomic E-state index is -0.187. The third-order valence-corrected chi connectivity index (χ3v) is 3.90. The number of benzene rings is 1. The fourth-order valence-corrected chi connectivity index (χ4v) is 2.58. The maximum atomic E-state index is 12.3. The zero-order valence-electron chi connectivity index (χ0n) is 13.4. The Balaban J connectivity index is 1.59. The molecule has 1 atom stereocenters. The number of hydrogen-bond donors (Lipinski definition) is 1. The first kappa shape index (κ1) is 16.1. The highest BCUT2D eigenvalue weighted by atomic mass is 16.5. The number of morpholine rings is 1. The lowest BCUT2D eigenvalue weighted by molar-refractivity contribution is -0.136. The number of nitrogens with zero attached hydrogens (tertiary/aromatic N) is 4. The lowest BCUT2D eigenvalue weighted by atomic mass is 10.2. The van der Waals surface area contributed by atoms with E-state index in [0.29, 0.717) is 31.8 Å². The highest BCUT2D eigenvalue weighted by Crippen LogP contribution is 2.10. The molecule has 2 heterocycles. The molecule has 126 valence electrons. The van der Waals surface area contributed by atoms with Crippen LogP contribution in [0.5, 0.6) is 0 Å². The maximum Gasteiger partial charge on any atom is 0.251 e. The lowest BCUT2D eigenvalue weighted by Crippen LogP contribution is -2.49. The van der Waals surface area contributed by atoms with E-state index < -0.39 is 0 Å². The molecule has 1 aromatic carbocycles. The van der Waals surface area contributed by atoms with Gasteiger partial charge >= 0.3 is 0 Å². The Hall–Kier alpha value is -2.74. The van der Waals surface area contributed by atoms with E-state index in [1.807, 2.05) is 6.07 Å². The van der Waals surface area contributed by atoms with Crippen LogP contribution in [-0.2, 0) is 9.53 Å². The summed E-state index contributed by atoms with van der Waals surface area (Å²) in [7, 11) is 0. The number of aromatic nitrogens is 3. The van der Waals surface area contributed by atoms with Gasteiger partial charge in [-0.25, -0.2) is 0 Å². The molecule has 3 rings (SSSR count). The molecule has 1 aromatic heterocycles. The Labute approximate surface area is 139 Å². The molecule has 24 heavy (non-hydrogen) atoms. The van der Waals surface area contributed by atoms with Crippen LogP contribution < -0.4 is 5.32 Å². The highest BCUT2D eigenvalue weighted by molar-refractivity contribution is 5.94. The Bertz CT molecular complexity index is 716. The molecule has 8 heteroatoms. The van der Waals surface area contributed by atoms with Crippen LogP contribution in [0.4, 0.5) is 0 Å². The molecule has 0 aliphatic carbocycles.